The van der Waals surface area contributed by atoms with Gasteiger partial charge in [0.25, 0.3) is 0 Å². The van der Waals surface area contributed by atoms with Crippen LogP contribution in [0, 0.1) is 18.3 Å². The maximum Gasteiger partial charge on any atom is 0.245 e. The molecule has 0 aliphatic heterocycles. The van der Waals surface area contributed by atoms with Gasteiger partial charge in [0.1, 0.15) is 11.6 Å². The molecule has 0 N–H and O–H groups in total. The summed E-state index contributed by atoms with van der Waals surface area (Å²) in [4.78, 5) is 0. The number of aryl methyl sites for hydroxylation is 2. The number of nitriles is 1. The molecule has 0 aliphatic carbocycles. The molecule has 3 aromatic rings. The second-order valence-corrected chi connectivity index (χ2v) is 7.42. The summed E-state index contributed by atoms with van der Waals surface area (Å²) in [5.74, 6) is 0.752. The Kier molecular flexibility index (Phi) is 5.01. The first kappa shape index (κ1) is 19.3. The van der Waals surface area contributed by atoms with Gasteiger partial charge in [0.05, 0.1) is 24.2 Å². The SMILES string of the molecule is COc1c(/N=N/c2nn(C)c(C(C)(C)C)c2C#N)c(C)nn1-c1ccccc1. The molecule has 0 radical (unpaired) electrons. The molecular formula is C20H23N7O. The Morgan fingerprint density at radius 2 is 1.79 bits per heavy atom. The third-order valence-electron chi connectivity index (χ3n) is 4.28. The van der Waals surface area contributed by atoms with Gasteiger partial charge in [-0.1, -0.05) is 39.0 Å². The molecule has 0 atom stereocenters. The molecule has 8 nitrogen and oxygen atoms in total. The van der Waals surface area contributed by atoms with Crippen molar-refractivity contribution in [2.45, 2.75) is 33.1 Å². The smallest absolute Gasteiger partial charge is 0.245 e. The second-order valence-electron chi connectivity index (χ2n) is 7.42. The van der Waals surface area contributed by atoms with Crippen molar-refractivity contribution in [1.29, 1.82) is 5.26 Å². The van der Waals surface area contributed by atoms with Gasteiger partial charge >= 0.3 is 0 Å². The van der Waals surface area contributed by atoms with Crippen molar-refractivity contribution < 1.29 is 4.74 Å². The topological polar surface area (TPSA) is 93.4 Å². The van der Waals surface area contributed by atoms with Crippen LogP contribution < -0.4 is 4.74 Å². The van der Waals surface area contributed by atoms with Crippen LogP contribution in [0.1, 0.15) is 37.7 Å². The van der Waals surface area contributed by atoms with Gasteiger partial charge in [-0.15, -0.1) is 15.3 Å². The van der Waals surface area contributed by atoms with Gasteiger partial charge in [0.2, 0.25) is 11.7 Å². The molecule has 0 aliphatic rings. The summed E-state index contributed by atoms with van der Waals surface area (Å²) in [5.41, 5.74) is 3.01. The lowest BCUT2D eigenvalue weighted by Gasteiger charge is -2.18. The molecular weight excluding hydrogens is 354 g/mol. The normalized spacial score (nSPS) is 11.8. The monoisotopic (exact) mass is 377 g/mol. The van der Waals surface area contributed by atoms with E-state index >= 15 is 0 Å². The zero-order valence-corrected chi connectivity index (χ0v) is 16.9. The van der Waals surface area contributed by atoms with Crippen molar-refractivity contribution in [2.75, 3.05) is 7.11 Å². The van der Waals surface area contributed by atoms with E-state index in [1.807, 2.05) is 58.0 Å². The maximum absolute atomic E-state index is 9.64. The quantitative estimate of drug-likeness (QED) is 0.625. The Bertz CT molecular complexity index is 1060. The number of rotatable bonds is 4. The van der Waals surface area contributed by atoms with Crippen molar-refractivity contribution in [3.05, 3.63) is 47.3 Å². The molecule has 0 fully saturated rings. The molecule has 0 bridgehead atoms. The fraction of sp³-hybridized carbons (Fsp3) is 0.350. The van der Waals surface area contributed by atoms with Crippen molar-refractivity contribution in [1.82, 2.24) is 19.6 Å². The lowest BCUT2D eigenvalue weighted by atomic mass is 9.89. The number of azo groups is 1. The van der Waals surface area contributed by atoms with E-state index in [-0.39, 0.29) is 11.2 Å². The Morgan fingerprint density at radius 1 is 1.11 bits per heavy atom. The summed E-state index contributed by atoms with van der Waals surface area (Å²) in [5, 5.41) is 27.1. The average molecular weight is 377 g/mol. The van der Waals surface area contributed by atoms with Gasteiger partial charge in [0.15, 0.2) is 5.69 Å². The molecule has 2 aromatic heterocycles. The summed E-state index contributed by atoms with van der Waals surface area (Å²) in [7, 11) is 3.37. The number of aromatic nitrogens is 4. The minimum absolute atomic E-state index is 0.244. The minimum atomic E-state index is -0.244. The van der Waals surface area contributed by atoms with Crippen LogP contribution in [-0.4, -0.2) is 26.7 Å². The van der Waals surface area contributed by atoms with Crippen LogP contribution in [0.3, 0.4) is 0 Å². The van der Waals surface area contributed by atoms with Gasteiger partial charge in [-0.25, -0.2) is 0 Å². The van der Waals surface area contributed by atoms with E-state index in [0.717, 1.165) is 11.4 Å². The number of methoxy groups -OCH3 is 1. The van der Waals surface area contributed by atoms with Crippen LogP contribution in [0.2, 0.25) is 0 Å². The lowest BCUT2D eigenvalue weighted by molar-refractivity contribution is 0.384. The van der Waals surface area contributed by atoms with Crippen molar-refractivity contribution in [3.8, 4) is 17.6 Å². The Morgan fingerprint density at radius 3 is 2.36 bits per heavy atom. The fourth-order valence-corrected chi connectivity index (χ4v) is 3.18. The molecule has 8 heteroatoms. The number of ether oxygens (including phenoxy) is 1. The van der Waals surface area contributed by atoms with Crippen LogP contribution >= 0.6 is 0 Å². The number of para-hydroxylation sites is 1. The van der Waals surface area contributed by atoms with Crippen LogP contribution in [0.25, 0.3) is 5.69 Å². The van der Waals surface area contributed by atoms with E-state index < -0.39 is 0 Å². The van der Waals surface area contributed by atoms with E-state index in [2.05, 4.69) is 26.5 Å². The molecule has 144 valence electrons. The number of nitrogens with zero attached hydrogens (tertiary/aromatic N) is 7. The molecule has 0 spiro atoms. The minimum Gasteiger partial charge on any atom is -0.479 e. The average Bonchev–Trinajstić information content (AvgIpc) is 3.16. The molecule has 0 saturated heterocycles. The molecule has 28 heavy (non-hydrogen) atoms. The highest BCUT2D eigenvalue weighted by Crippen LogP contribution is 2.36. The highest BCUT2D eigenvalue weighted by molar-refractivity contribution is 5.57. The van der Waals surface area contributed by atoms with E-state index in [4.69, 9.17) is 4.74 Å². The molecule has 0 unspecified atom stereocenters. The predicted molar refractivity (Wildman–Crippen MR) is 106 cm³/mol. The predicted octanol–water partition coefficient (Wildman–Crippen LogP) is 4.51. The number of hydrogen-bond acceptors (Lipinski definition) is 6. The van der Waals surface area contributed by atoms with Gasteiger partial charge in [-0.05, 0) is 19.1 Å². The summed E-state index contributed by atoms with van der Waals surface area (Å²) in [6.07, 6.45) is 0. The molecule has 0 amide bonds. The highest BCUT2D eigenvalue weighted by Gasteiger charge is 2.26. The molecule has 1 aromatic carbocycles. The van der Waals surface area contributed by atoms with Crippen molar-refractivity contribution in [3.63, 3.8) is 0 Å². The summed E-state index contributed by atoms with van der Waals surface area (Å²) in [6, 6.07) is 11.9. The van der Waals surface area contributed by atoms with E-state index in [1.54, 1.807) is 23.5 Å². The fourth-order valence-electron chi connectivity index (χ4n) is 3.18. The number of benzene rings is 1. The number of hydrogen-bond donors (Lipinski definition) is 0. The largest absolute Gasteiger partial charge is 0.479 e. The van der Waals surface area contributed by atoms with Crippen LogP contribution in [0.4, 0.5) is 11.5 Å². The van der Waals surface area contributed by atoms with Crippen LogP contribution in [0.15, 0.2) is 40.6 Å². The first-order valence-corrected chi connectivity index (χ1v) is 8.86. The van der Waals surface area contributed by atoms with E-state index in [9.17, 15) is 5.26 Å². The molecule has 2 heterocycles. The maximum atomic E-state index is 9.64. The highest BCUT2D eigenvalue weighted by atomic mass is 16.5. The van der Waals surface area contributed by atoms with Crippen molar-refractivity contribution >= 4 is 11.5 Å². The first-order valence-electron chi connectivity index (χ1n) is 8.86. The first-order chi connectivity index (χ1) is 13.3. The Labute approximate surface area is 164 Å². The zero-order chi connectivity index (χ0) is 20.5. The molecule has 0 saturated carbocycles. The van der Waals surface area contributed by atoms with Gasteiger partial charge in [-0.3, -0.25) is 4.68 Å². The van der Waals surface area contributed by atoms with Crippen LogP contribution in [-0.2, 0) is 12.5 Å². The third-order valence-corrected chi connectivity index (χ3v) is 4.28. The third kappa shape index (κ3) is 3.39. The lowest BCUT2D eigenvalue weighted by Crippen LogP contribution is -2.17. The second kappa shape index (κ2) is 7.27. The van der Waals surface area contributed by atoms with Gasteiger partial charge in [-0.2, -0.15) is 15.0 Å². The van der Waals surface area contributed by atoms with Crippen LogP contribution in [0.5, 0.6) is 5.88 Å². The summed E-state index contributed by atoms with van der Waals surface area (Å²) in [6.45, 7) is 7.93. The van der Waals surface area contributed by atoms with E-state index in [0.29, 0.717) is 22.8 Å². The Hall–Kier alpha value is -3.47. The molecule has 3 rings (SSSR count). The zero-order valence-electron chi connectivity index (χ0n) is 16.9. The van der Waals surface area contributed by atoms with E-state index in [1.165, 1.54) is 0 Å². The van der Waals surface area contributed by atoms with Gasteiger partial charge in [0, 0.05) is 12.5 Å². The summed E-state index contributed by atoms with van der Waals surface area (Å²) < 4.78 is 8.90. The van der Waals surface area contributed by atoms with Gasteiger partial charge < -0.3 is 4.74 Å². The Balaban J connectivity index is 2.08. The summed E-state index contributed by atoms with van der Waals surface area (Å²) >= 11 is 0. The van der Waals surface area contributed by atoms with Crippen molar-refractivity contribution in [2.24, 2.45) is 17.3 Å². The standard InChI is InChI=1S/C20H23N7O/c1-13-16(19(28-6)27(24-13)14-10-8-7-9-11-14)22-23-18-15(12-21)17(20(2,3)4)26(5)25-18/h7-11H,1-6H3/b23-22+.